The second kappa shape index (κ2) is 8.87. The molecule has 1 atom stereocenters. The molecule has 0 aliphatic rings. The van der Waals surface area contributed by atoms with Gasteiger partial charge in [-0.2, -0.15) is 0 Å². The zero-order valence-electron chi connectivity index (χ0n) is 12.2. The van der Waals surface area contributed by atoms with Crippen LogP contribution in [0.5, 0.6) is 0 Å². The summed E-state index contributed by atoms with van der Waals surface area (Å²) in [5, 5.41) is 6.85. The first-order valence-corrected chi connectivity index (χ1v) is 7.58. The smallest absolute Gasteiger partial charge is 0.248 e. The van der Waals surface area contributed by atoms with E-state index in [1.165, 1.54) is 0 Å². The number of hydrogen-bond donors (Lipinski definition) is 2. The highest BCUT2D eigenvalue weighted by molar-refractivity contribution is 9.10. The van der Waals surface area contributed by atoms with Crippen molar-refractivity contribution in [3.05, 3.63) is 40.6 Å². The van der Waals surface area contributed by atoms with Crippen molar-refractivity contribution in [1.82, 2.24) is 14.8 Å². The number of hydrogen-bond acceptors (Lipinski definition) is 4. The fraction of sp³-hybridized carbons (Fsp3) is 0.357. The highest BCUT2D eigenvalue weighted by Crippen LogP contribution is 2.12. The average Bonchev–Trinajstić information content (AvgIpc) is 2.86. The molecule has 22 heavy (non-hydrogen) atoms. The normalized spacial score (nSPS) is 11.6. The van der Waals surface area contributed by atoms with Gasteiger partial charge in [0.1, 0.15) is 6.33 Å². The van der Waals surface area contributed by atoms with Crippen molar-refractivity contribution in [2.24, 2.45) is 5.73 Å². The molecule has 1 aromatic carbocycles. The number of carbonyl (C=O) groups is 1. The summed E-state index contributed by atoms with van der Waals surface area (Å²) in [7, 11) is 0. The number of anilines is 1. The summed E-state index contributed by atoms with van der Waals surface area (Å²) in [6.07, 6.45) is 3.09. The van der Waals surface area contributed by atoms with E-state index >= 15 is 0 Å². The minimum atomic E-state index is -0.521. The zero-order valence-corrected chi connectivity index (χ0v) is 14.6. The summed E-state index contributed by atoms with van der Waals surface area (Å²) in [5.74, 6) is 0.0265. The maximum atomic E-state index is 11.8. The van der Waals surface area contributed by atoms with E-state index in [1.807, 2.05) is 31.2 Å². The number of nitrogens with two attached hydrogens (primary N) is 1. The molecule has 2 aromatic rings. The number of aromatic nitrogens is 3. The molecule has 8 heteroatoms. The zero-order chi connectivity index (χ0) is 15.2. The van der Waals surface area contributed by atoms with Crippen molar-refractivity contribution in [1.29, 1.82) is 0 Å². The first-order chi connectivity index (χ1) is 10.1. The molecule has 0 radical (unpaired) electrons. The van der Waals surface area contributed by atoms with Gasteiger partial charge in [-0.25, -0.2) is 9.67 Å². The molecule has 6 nitrogen and oxygen atoms in total. The highest BCUT2D eigenvalue weighted by atomic mass is 79.9. The maximum Gasteiger partial charge on any atom is 0.248 e. The summed E-state index contributed by atoms with van der Waals surface area (Å²) in [6, 6.07) is 7.42. The van der Waals surface area contributed by atoms with E-state index in [1.54, 1.807) is 11.0 Å². The highest BCUT2D eigenvalue weighted by Gasteiger charge is 2.14. The second-order valence-electron chi connectivity index (χ2n) is 4.78. The van der Waals surface area contributed by atoms with E-state index in [-0.39, 0.29) is 24.3 Å². The maximum absolute atomic E-state index is 11.8. The summed E-state index contributed by atoms with van der Waals surface area (Å²) in [4.78, 5) is 15.9. The molecule has 1 unspecified atom stereocenters. The van der Waals surface area contributed by atoms with Crippen molar-refractivity contribution in [3.8, 4) is 0 Å². The fourth-order valence-corrected chi connectivity index (χ4v) is 2.34. The molecular weight excluding hydrogens is 370 g/mol. The van der Waals surface area contributed by atoms with Gasteiger partial charge in [0.05, 0.1) is 12.6 Å². The lowest BCUT2D eigenvalue weighted by Crippen LogP contribution is -2.35. The quantitative estimate of drug-likeness (QED) is 0.796. The van der Waals surface area contributed by atoms with Gasteiger partial charge in [0, 0.05) is 4.47 Å². The SMILES string of the molecule is CCCC(N)C(=O)Nc1ncn(Cc2cccc(Br)c2)n1.Cl. The molecule has 0 fully saturated rings. The van der Waals surface area contributed by atoms with Gasteiger partial charge < -0.3 is 5.73 Å². The Bertz CT molecular complexity index is 619. The Hall–Kier alpha value is -1.44. The van der Waals surface area contributed by atoms with Gasteiger partial charge in [-0.3, -0.25) is 10.1 Å². The first-order valence-electron chi connectivity index (χ1n) is 6.79. The molecule has 1 heterocycles. The largest absolute Gasteiger partial charge is 0.320 e. The second-order valence-corrected chi connectivity index (χ2v) is 5.70. The summed E-state index contributed by atoms with van der Waals surface area (Å²) >= 11 is 3.43. The van der Waals surface area contributed by atoms with Crippen LogP contribution in [0.15, 0.2) is 35.1 Å². The predicted octanol–water partition coefficient (Wildman–Crippen LogP) is 2.58. The van der Waals surface area contributed by atoms with Crippen molar-refractivity contribution >= 4 is 40.2 Å². The number of benzene rings is 1. The van der Waals surface area contributed by atoms with E-state index in [2.05, 4.69) is 31.3 Å². The van der Waals surface area contributed by atoms with Crippen LogP contribution in [0, 0.1) is 0 Å². The minimum absolute atomic E-state index is 0. The number of carbonyl (C=O) groups excluding carboxylic acids is 1. The Morgan fingerprint density at radius 2 is 2.27 bits per heavy atom. The topological polar surface area (TPSA) is 85.8 Å². The third-order valence-electron chi connectivity index (χ3n) is 2.94. The van der Waals surface area contributed by atoms with Crippen LogP contribution in [-0.4, -0.2) is 26.7 Å². The molecule has 1 amide bonds. The monoisotopic (exact) mass is 387 g/mol. The van der Waals surface area contributed by atoms with Gasteiger partial charge in [0.2, 0.25) is 11.9 Å². The van der Waals surface area contributed by atoms with Crippen LogP contribution >= 0.6 is 28.3 Å². The lowest BCUT2D eigenvalue weighted by Gasteiger charge is -2.08. The molecule has 0 saturated heterocycles. The third kappa shape index (κ3) is 5.40. The number of halogens is 2. The number of nitrogens with zero attached hydrogens (tertiary/aromatic N) is 3. The molecule has 0 spiro atoms. The van der Waals surface area contributed by atoms with Gasteiger partial charge in [0.25, 0.3) is 0 Å². The summed E-state index contributed by atoms with van der Waals surface area (Å²) in [5.41, 5.74) is 6.84. The number of rotatable bonds is 6. The molecular formula is C14H19BrClN5O. The van der Waals surface area contributed by atoms with Gasteiger partial charge in [0.15, 0.2) is 0 Å². The van der Waals surface area contributed by atoms with Crippen LogP contribution in [0.4, 0.5) is 5.95 Å². The Balaban J connectivity index is 0.00000242. The van der Waals surface area contributed by atoms with Gasteiger partial charge in [-0.1, -0.05) is 41.4 Å². The van der Waals surface area contributed by atoms with E-state index in [0.29, 0.717) is 13.0 Å². The summed E-state index contributed by atoms with van der Waals surface area (Å²) < 4.78 is 2.68. The molecule has 0 bridgehead atoms. The lowest BCUT2D eigenvalue weighted by molar-refractivity contribution is -0.117. The van der Waals surface area contributed by atoms with Crippen LogP contribution in [0.25, 0.3) is 0 Å². The van der Waals surface area contributed by atoms with Crippen LogP contribution in [-0.2, 0) is 11.3 Å². The lowest BCUT2D eigenvalue weighted by atomic mass is 10.2. The Kier molecular flexibility index (Phi) is 7.50. The fourth-order valence-electron chi connectivity index (χ4n) is 1.90. The van der Waals surface area contributed by atoms with Crippen LogP contribution in [0.2, 0.25) is 0 Å². The molecule has 0 saturated carbocycles. The standard InChI is InChI=1S/C14H18BrN5O.ClH/c1-2-4-12(16)13(21)18-14-17-9-20(19-14)8-10-5-3-6-11(15)7-10;/h3,5-7,9,12H,2,4,8,16H2,1H3,(H,18,19,21);1H. The first kappa shape index (κ1) is 18.6. The minimum Gasteiger partial charge on any atom is -0.320 e. The Labute approximate surface area is 144 Å². The molecule has 0 aliphatic heterocycles. The molecule has 2 rings (SSSR count). The van der Waals surface area contributed by atoms with Crippen LogP contribution < -0.4 is 11.1 Å². The van der Waals surface area contributed by atoms with Gasteiger partial charge in [-0.05, 0) is 24.1 Å². The number of nitrogens with one attached hydrogen (secondary N) is 1. The average molecular weight is 389 g/mol. The van der Waals surface area contributed by atoms with Crippen LogP contribution in [0.1, 0.15) is 25.3 Å². The van der Waals surface area contributed by atoms with Crippen molar-refractivity contribution in [2.75, 3.05) is 5.32 Å². The van der Waals surface area contributed by atoms with E-state index in [0.717, 1.165) is 16.5 Å². The van der Waals surface area contributed by atoms with Gasteiger partial charge >= 0.3 is 0 Å². The van der Waals surface area contributed by atoms with E-state index in [4.69, 9.17) is 5.73 Å². The Morgan fingerprint density at radius 3 is 2.95 bits per heavy atom. The molecule has 3 N–H and O–H groups in total. The number of amides is 1. The van der Waals surface area contributed by atoms with Gasteiger partial charge in [-0.15, -0.1) is 17.5 Å². The van der Waals surface area contributed by atoms with E-state index < -0.39 is 6.04 Å². The molecule has 1 aromatic heterocycles. The van der Waals surface area contributed by atoms with E-state index in [9.17, 15) is 4.79 Å². The van der Waals surface area contributed by atoms with Crippen molar-refractivity contribution in [3.63, 3.8) is 0 Å². The predicted molar refractivity (Wildman–Crippen MR) is 92.0 cm³/mol. The van der Waals surface area contributed by atoms with Crippen molar-refractivity contribution < 1.29 is 4.79 Å². The molecule has 120 valence electrons. The Morgan fingerprint density at radius 1 is 1.50 bits per heavy atom. The third-order valence-corrected chi connectivity index (χ3v) is 3.43. The molecule has 0 aliphatic carbocycles. The summed E-state index contributed by atoms with van der Waals surface area (Å²) in [6.45, 7) is 2.57. The van der Waals surface area contributed by atoms with Crippen molar-refractivity contribution in [2.45, 2.75) is 32.4 Å². The van der Waals surface area contributed by atoms with Crippen LogP contribution in [0.3, 0.4) is 0 Å².